The highest BCUT2D eigenvalue weighted by Crippen LogP contribution is 1.83. The molecular formula is C12H22O5. The van der Waals surface area contributed by atoms with Crippen LogP contribution in [0.1, 0.15) is 0 Å². The highest BCUT2D eigenvalue weighted by Gasteiger charge is 1.83. The van der Waals surface area contributed by atoms with Gasteiger partial charge in [0, 0.05) is 0 Å². The molecule has 17 heavy (non-hydrogen) atoms. The van der Waals surface area contributed by atoms with E-state index < -0.39 is 0 Å². The highest BCUT2D eigenvalue weighted by atomic mass is 16.5. The number of hydrogen-bond donors (Lipinski definition) is 2. The van der Waals surface area contributed by atoms with Crippen LogP contribution in [-0.2, 0) is 14.2 Å². The van der Waals surface area contributed by atoms with Crippen molar-refractivity contribution in [2.75, 3.05) is 52.9 Å². The van der Waals surface area contributed by atoms with Crippen molar-refractivity contribution in [2.45, 2.75) is 0 Å². The average Bonchev–Trinajstić information content (AvgIpc) is 2.35. The first-order valence-corrected chi connectivity index (χ1v) is 5.66. The van der Waals surface area contributed by atoms with E-state index in [1.165, 1.54) is 0 Å². The molecule has 2 N–H and O–H groups in total. The van der Waals surface area contributed by atoms with E-state index in [0.717, 1.165) is 0 Å². The van der Waals surface area contributed by atoms with Gasteiger partial charge in [0.05, 0.1) is 52.9 Å². The van der Waals surface area contributed by atoms with E-state index in [4.69, 9.17) is 24.4 Å². The van der Waals surface area contributed by atoms with Gasteiger partial charge in [0.2, 0.25) is 0 Å². The molecule has 0 aromatic heterocycles. The smallest absolute Gasteiger partial charge is 0.0701 e. The minimum absolute atomic E-state index is 0.0491. The lowest BCUT2D eigenvalue weighted by Crippen LogP contribution is -1.99. The number of aliphatic hydroxyl groups excluding tert-OH is 2. The zero-order valence-electron chi connectivity index (χ0n) is 10.1. The molecule has 0 saturated carbocycles. The summed E-state index contributed by atoms with van der Waals surface area (Å²) in [6, 6.07) is 0. The fraction of sp³-hybridized carbons (Fsp3) is 0.667. The molecule has 0 amide bonds. The summed E-state index contributed by atoms with van der Waals surface area (Å²) in [6.45, 7) is 2.88. The molecule has 0 aromatic carbocycles. The van der Waals surface area contributed by atoms with E-state index in [-0.39, 0.29) is 13.2 Å². The van der Waals surface area contributed by atoms with E-state index in [9.17, 15) is 0 Å². The summed E-state index contributed by atoms with van der Waals surface area (Å²) in [5.74, 6) is 0. The SMILES string of the molecule is OCCOCC=CCOCC=CCOCCO. The number of hydrogen-bond acceptors (Lipinski definition) is 5. The molecule has 0 bridgehead atoms. The van der Waals surface area contributed by atoms with E-state index in [0.29, 0.717) is 39.6 Å². The first-order chi connectivity index (χ1) is 8.41. The van der Waals surface area contributed by atoms with Gasteiger partial charge in [-0.3, -0.25) is 0 Å². The maximum atomic E-state index is 8.44. The fourth-order valence-electron chi connectivity index (χ4n) is 0.908. The van der Waals surface area contributed by atoms with Crippen LogP contribution < -0.4 is 0 Å². The van der Waals surface area contributed by atoms with E-state index in [1.54, 1.807) is 0 Å². The molecule has 0 fully saturated rings. The summed E-state index contributed by atoms with van der Waals surface area (Å²) in [5, 5.41) is 16.9. The van der Waals surface area contributed by atoms with Gasteiger partial charge in [-0.15, -0.1) is 0 Å². The van der Waals surface area contributed by atoms with Crippen LogP contribution in [0.4, 0.5) is 0 Å². The first kappa shape index (κ1) is 16.3. The van der Waals surface area contributed by atoms with Crippen molar-refractivity contribution in [3.8, 4) is 0 Å². The molecule has 0 rings (SSSR count). The Kier molecular flexibility index (Phi) is 14.6. The van der Waals surface area contributed by atoms with E-state index in [2.05, 4.69) is 0 Å². The number of ether oxygens (including phenoxy) is 3. The highest BCUT2D eigenvalue weighted by molar-refractivity contribution is 4.84. The Bertz CT molecular complexity index is 171. The zero-order chi connectivity index (χ0) is 12.6. The molecule has 0 atom stereocenters. The summed E-state index contributed by atoms with van der Waals surface area (Å²) in [7, 11) is 0. The second kappa shape index (κ2) is 15.3. The van der Waals surface area contributed by atoms with Gasteiger partial charge in [-0.25, -0.2) is 0 Å². The molecule has 0 radical (unpaired) electrons. The molecule has 100 valence electrons. The van der Waals surface area contributed by atoms with Gasteiger partial charge in [-0.05, 0) is 0 Å². The van der Waals surface area contributed by atoms with Gasteiger partial charge in [-0.2, -0.15) is 0 Å². The van der Waals surface area contributed by atoms with Gasteiger partial charge in [0.1, 0.15) is 0 Å². The Labute approximate surface area is 102 Å². The third-order valence-corrected chi connectivity index (χ3v) is 1.66. The Morgan fingerprint density at radius 3 is 1.29 bits per heavy atom. The molecule has 5 nitrogen and oxygen atoms in total. The Hall–Kier alpha value is -0.720. The molecule has 0 aliphatic carbocycles. The predicted molar refractivity (Wildman–Crippen MR) is 64.9 cm³/mol. The Balaban J connectivity index is 3.11. The van der Waals surface area contributed by atoms with Crippen LogP contribution in [0.25, 0.3) is 0 Å². The van der Waals surface area contributed by atoms with Gasteiger partial charge in [0.25, 0.3) is 0 Å². The topological polar surface area (TPSA) is 68.2 Å². The molecule has 0 aliphatic rings. The third-order valence-electron chi connectivity index (χ3n) is 1.66. The lowest BCUT2D eigenvalue weighted by Gasteiger charge is -1.98. The minimum atomic E-state index is 0.0491. The molecular weight excluding hydrogens is 224 g/mol. The van der Waals surface area contributed by atoms with Crippen LogP contribution in [0, 0.1) is 0 Å². The lowest BCUT2D eigenvalue weighted by molar-refractivity contribution is 0.111. The van der Waals surface area contributed by atoms with Crippen molar-refractivity contribution >= 4 is 0 Å². The van der Waals surface area contributed by atoms with Crippen molar-refractivity contribution in [3.05, 3.63) is 24.3 Å². The number of rotatable bonds is 12. The molecule has 5 heteroatoms. The maximum Gasteiger partial charge on any atom is 0.0701 e. The van der Waals surface area contributed by atoms with E-state index >= 15 is 0 Å². The Morgan fingerprint density at radius 1 is 0.588 bits per heavy atom. The van der Waals surface area contributed by atoms with Crippen molar-refractivity contribution in [3.63, 3.8) is 0 Å². The molecule has 0 heterocycles. The van der Waals surface area contributed by atoms with E-state index in [1.807, 2.05) is 24.3 Å². The molecule has 0 spiro atoms. The van der Waals surface area contributed by atoms with Crippen LogP contribution in [0.15, 0.2) is 24.3 Å². The van der Waals surface area contributed by atoms with Crippen LogP contribution >= 0.6 is 0 Å². The normalized spacial score (nSPS) is 11.9. The molecule has 0 aliphatic heterocycles. The predicted octanol–water partition coefficient (Wildman–Crippen LogP) is 0.133. The van der Waals surface area contributed by atoms with Crippen LogP contribution in [0.3, 0.4) is 0 Å². The van der Waals surface area contributed by atoms with Crippen molar-refractivity contribution in [1.29, 1.82) is 0 Å². The summed E-state index contributed by atoms with van der Waals surface area (Å²) in [5.41, 5.74) is 0. The first-order valence-electron chi connectivity index (χ1n) is 5.66. The standard InChI is InChI=1S/C12H22O5/c13-5-11-16-9-3-1-7-15-8-2-4-10-17-12-6-14/h1-4,13-14H,5-12H2. The second-order valence-corrected chi connectivity index (χ2v) is 3.08. The fourth-order valence-corrected chi connectivity index (χ4v) is 0.908. The quantitative estimate of drug-likeness (QED) is 0.378. The molecule has 0 unspecified atom stereocenters. The van der Waals surface area contributed by atoms with Gasteiger partial charge >= 0.3 is 0 Å². The molecule has 0 aromatic rings. The third kappa shape index (κ3) is 15.3. The monoisotopic (exact) mass is 246 g/mol. The van der Waals surface area contributed by atoms with Crippen molar-refractivity contribution in [2.24, 2.45) is 0 Å². The van der Waals surface area contributed by atoms with Crippen LogP contribution in [0.2, 0.25) is 0 Å². The summed E-state index contributed by atoms with van der Waals surface area (Å²) < 4.78 is 15.3. The average molecular weight is 246 g/mol. The van der Waals surface area contributed by atoms with Gasteiger partial charge in [0.15, 0.2) is 0 Å². The van der Waals surface area contributed by atoms with Gasteiger partial charge in [-0.1, -0.05) is 24.3 Å². The summed E-state index contributed by atoms with van der Waals surface area (Å²) in [6.07, 6.45) is 7.44. The van der Waals surface area contributed by atoms with Crippen molar-refractivity contribution in [1.82, 2.24) is 0 Å². The van der Waals surface area contributed by atoms with Crippen molar-refractivity contribution < 1.29 is 24.4 Å². The second-order valence-electron chi connectivity index (χ2n) is 3.08. The summed E-state index contributed by atoms with van der Waals surface area (Å²) >= 11 is 0. The Morgan fingerprint density at radius 2 is 0.941 bits per heavy atom. The lowest BCUT2D eigenvalue weighted by atomic mass is 10.5. The minimum Gasteiger partial charge on any atom is -0.394 e. The zero-order valence-corrected chi connectivity index (χ0v) is 10.1. The van der Waals surface area contributed by atoms with Crippen LogP contribution in [-0.4, -0.2) is 63.1 Å². The van der Waals surface area contributed by atoms with Crippen LogP contribution in [0.5, 0.6) is 0 Å². The number of aliphatic hydroxyl groups is 2. The largest absolute Gasteiger partial charge is 0.394 e. The molecule has 0 saturated heterocycles. The maximum absolute atomic E-state index is 8.44. The van der Waals surface area contributed by atoms with Gasteiger partial charge < -0.3 is 24.4 Å². The summed E-state index contributed by atoms with van der Waals surface area (Å²) in [4.78, 5) is 0.